The second-order valence-corrected chi connectivity index (χ2v) is 11.5. The van der Waals surface area contributed by atoms with Crippen molar-refractivity contribution in [3.05, 3.63) is 132 Å². The molecule has 0 bridgehead atoms. The molecule has 4 aromatic carbocycles. The van der Waals surface area contributed by atoms with E-state index in [0.29, 0.717) is 12.5 Å². The molecule has 0 amide bonds. The molecule has 0 aromatic heterocycles. The van der Waals surface area contributed by atoms with Crippen LogP contribution in [0.4, 0.5) is 0 Å². The van der Waals surface area contributed by atoms with E-state index in [9.17, 15) is 0 Å². The zero-order chi connectivity index (χ0) is 26.0. The van der Waals surface area contributed by atoms with Gasteiger partial charge in [-0.1, -0.05) is 109 Å². The first-order valence-corrected chi connectivity index (χ1v) is 14.4. The van der Waals surface area contributed by atoms with Gasteiger partial charge in [0.1, 0.15) is 24.4 Å². The summed E-state index contributed by atoms with van der Waals surface area (Å²) in [6.45, 7) is 0.367. The lowest BCUT2D eigenvalue weighted by atomic mass is 9.96. The van der Waals surface area contributed by atoms with Crippen LogP contribution in [-0.2, 0) is 23.5 Å². The predicted octanol–water partition coefficient (Wildman–Crippen LogP) is 5.10. The number of rotatable bonds is 6. The van der Waals surface area contributed by atoms with Crippen molar-refractivity contribution in [1.82, 2.24) is 0 Å². The van der Waals surface area contributed by atoms with E-state index in [4.69, 9.17) is 28.5 Å². The Morgan fingerprint density at radius 2 is 1.28 bits per heavy atom. The van der Waals surface area contributed by atoms with Crippen LogP contribution in [0.3, 0.4) is 0 Å². The minimum Gasteiger partial charge on any atom is -0.445 e. The number of hydrogen-bond donors (Lipinski definition) is 0. The van der Waals surface area contributed by atoms with Crippen LogP contribution in [0.25, 0.3) is 0 Å². The van der Waals surface area contributed by atoms with Gasteiger partial charge in [-0.2, -0.15) is 0 Å². The fourth-order valence-corrected chi connectivity index (χ4v) is 7.13. The highest BCUT2D eigenvalue weighted by atomic mass is 31.1. The minimum atomic E-state index is -1.17. The molecule has 196 valence electrons. The Hall–Kier alpha value is -3.38. The molecule has 3 heterocycles. The molecular weight excluding hydrogens is 509 g/mol. The summed E-state index contributed by atoms with van der Waals surface area (Å²) < 4.78 is 32.6. The van der Waals surface area contributed by atoms with Crippen LogP contribution in [0.5, 0.6) is 0 Å². The third-order valence-electron chi connectivity index (χ3n) is 7.10. The summed E-state index contributed by atoms with van der Waals surface area (Å²) in [4.78, 5) is 5.02. The van der Waals surface area contributed by atoms with Crippen LogP contribution in [0.1, 0.15) is 17.4 Å². The van der Waals surface area contributed by atoms with Crippen molar-refractivity contribution in [1.29, 1.82) is 0 Å². The Morgan fingerprint density at radius 3 is 1.92 bits per heavy atom. The van der Waals surface area contributed by atoms with E-state index >= 15 is 0 Å². The van der Waals surface area contributed by atoms with E-state index in [1.54, 1.807) is 0 Å². The van der Waals surface area contributed by atoms with E-state index in [1.165, 1.54) is 0 Å². The molecule has 6 atom stereocenters. The van der Waals surface area contributed by atoms with E-state index < -0.39 is 39.0 Å². The average Bonchev–Trinajstić information content (AvgIpc) is 3.45. The van der Waals surface area contributed by atoms with Crippen LogP contribution >= 0.6 is 8.15 Å². The highest BCUT2D eigenvalue weighted by Gasteiger charge is 2.55. The maximum absolute atomic E-state index is 7.13. The third kappa shape index (κ3) is 5.03. The fourth-order valence-electron chi connectivity index (χ4n) is 5.21. The van der Waals surface area contributed by atoms with Crippen LogP contribution in [-0.4, -0.2) is 43.1 Å². The predicted molar refractivity (Wildman–Crippen MR) is 150 cm³/mol. The fraction of sp³-hybridized carbons (Fsp3) is 0.219. The molecule has 0 unspecified atom stereocenters. The Balaban J connectivity index is 1.27. The lowest BCUT2D eigenvalue weighted by Crippen LogP contribution is -2.61. The van der Waals surface area contributed by atoms with Gasteiger partial charge in [0.15, 0.2) is 6.29 Å². The van der Waals surface area contributed by atoms with Crippen LogP contribution in [0.2, 0.25) is 0 Å². The number of aliphatic imine (C=N–C) groups is 1. The lowest BCUT2D eigenvalue weighted by Gasteiger charge is -2.46. The van der Waals surface area contributed by atoms with Gasteiger partial charge >= 0.3 is 0 Å². The van der Waals surface area contributed by atoms with Gasteiger partial charge in [0.2, 0.25) is 12.2 Å². The first-order chi connectivity index (χ1) is 19.3. The summed E-state index contributed by atoms with van der Waals surface area (Å²) in [7, 11) is -1.17. The summed E-state index contributed by atoms with van der Waals surface area (Å²) in [6.07, 6.45) is -2.28. The molecule has 39 heavy (non-hydrogen) atoms. The number of hydrogen-bond acceptors (Lipinski definition) is 6. The number of nitrogens with zero attached hydrogens (tertiary/aromatic N) is 1. The highest BCUT2D eigenvalue weighted by Crippen LogP contribution is 2.45. The summed E-state index contributed by atoms with van der Waals surface area (Å²) >= 11 is 0. The maximum atomic E-state index is 7.13. The molecule has 6 nitrogen and oxygen atoms in total. The van der Waals surface area contributed by atoms with E-state index in [-0.39, 0.29) is 6.10 Å². The standard InChI is InChI=1S/C32H28NO5P/c1-5-13-22(14-6-1)30-33-27-29(38-39(24-17-9-3-10-18-24)25-19-11-4-12-20-25)28-26(35-32(27)37-30)21-34-31(36-28)23-15-7-2-8-16-23/h1-20,26-29,31-32H,21H2/t26-,27-,28-,29-,31-,32-/m1/s1. The monoisotopic (exact) mass is 537 g/mol. The summed E-state index contributed by atoms with van der Waals surface area (Å²) in [6, 6.07) is 40.2. The number of fused-ring (bicyclic) bond motifs is 2. The van der Waals surface area contributed by atoms with Crippen molar-refractivity contribution < 1.29 is 23.5 Å². The maximum Gasteiger partial charge on any atom is 0.227 e. The van der Waals surface area contributed by atoms with Gasteiger partial charge in [-0.25, -0.2) is 4.99 Å². The second-order valence-electron chi connectivity index (χ2n) is 9.66. The van der Waals surface area contributed by atoms with Gasteiger partial charge in [0, 0.05) is 21.7 Å². The van der Waals surface area contributed by atoms with Gasteiger partial charge in [0.05, 0.1) is 14.8 Å². The quantitative estimate of drug-likeness (QED) is 0.320. The largest absolute Gasteiger partial charge is 0.445 e. The number of benzene rings is 4. The molecule has 0 aliphatic carbocycles. The zero-order valence-corrected chi connectivity index (χ0v) is 22.0. The first-order valence-electron chi connectivity index (χ1n) is 13.2. The first kappa shape index (κ1) is 24.6. The van der Waals surface area contributed by atoms with Gasteiger partial charge in [-0.05, 0) is 12.1 Å². The summed E-state index contributed by atoms with van der Waals surface area (Å²) in [5.74, 6) is 0.558. The Kier molecular flexibility index (Phi) is 6.96. The van der Waals surface area contributed by atoms with E-state index in [2.05, 4.69) is 24.3 Å². The van der Waals surface area contributed by atoms with Crippen molar-refractivity contribution in [2.45, 2.75) is 36.9 Å². The number of ether oxygens (including phenoxy) is 4. The van der Waals surface area contributed by atoms with Gasteiger partial charge < -0.3 is 23.5 Å². The molecule has 3 aliphatic heterocycles. The van der Waals surface area contributed by atoms with Crippen LogP contribution in [0, 0.1) is 0 Å². The van der Waals surface area contributed by atoms with Gasteiger partial charge in [-0.3, -0.25) is 0 Å². The highest BCUT2D eigenvalue weighted by molar-refractivity contribution is 7.68. The zero-order valence-electron chi connectivity index (χ0n) is 21.2. The second kappa shape index (κ2) is 11.0. The Labute approximate surface area is 229 Å². The van der Waals surface area contributed by atoms with Crippen LogP contribution < -0.4 is 10.6 Å². The van der Waals surface area contributed by atoms with E-state index in [1.807, 2.05) is 97.1 Å². The average molecular weight is 538 g/mol. The molecule has 2 saturated heterocycles. The molecule has 4 aromatic rings. The molecular formula is C32H28NO5P. The Bertz CT molecular complexity index is 1370. The molecule has 0 spiro atoms. The normalized spacial score (nSPS) is 27.8. The molecule has 0 saturated carbocycles. The van der Waals surface area contributed by atoms with Gasteiger partial charge in [0.25, 0.3) is 0 Å². The Morgan fingerprint density at radius 1 is 0.692 bits per heavy atom. The lowest BCUT2D eigenvalue weighted by molar-refractivity contribution is -0.326. The molecule has 7 heteroatoms. The topological polar surface area (TPSA) is 58.5 Å². The molecule has 7 rings (SSSR count). The SMILES string of the molecule is c1ccc(C2=N[C@H]3[C@@H](O2)O[C@@H]2CO[C@@H](c4ccccc4)O[C@H]2[C@@H]3OP(c2ccccc2)c2ccccc2)cc1. The smallest absolute Gasteiger partial charge is 0.227 e. The molecule has 0 radical (unpaired) electrons. The molecule has 2 fully saturated rings. The van der Waals surface area contributed by atoms with Crippen molar-refractivity contribution in [3.8, 4) is 0 Å². The van der Waals surface area contributed by atoms with Crippen LogP contribution in [0.15, 0.2) is 126 Å². The molecule has 3 aliphatic rings. The van der Waals surface area contributed by atoms with E-state index in [0.717, 1.165) is 21.7 Å². The molecule has 0 N–H and O–H groups in total. The third-order valence-corrected chi connectivity index (χ3v) is 9.09. The minimum absolute atomic E-state index is 0.357. The van der Waals surface area contributed by atoms with Crippen molar-refractivity contribution in [3.63, 3.8) is 0 Å². The van der Waals surface area contributed by atoms with Crippen molar-refractivity contribution >= 4 is 24.7 Å². The van der Waals surface area contributed by atoms with Gasteiger partial charge in [-0.15, -0.1) is 0 Å². The van der Waals surface area contributed by atoms with Crippen molar-refractivity contribution in [2.24, 2.45) is 4.99 Å². The van der Waals surface area contributed by atoms with Crippen molar-refractivity contribution in [2.75, 3.05) is 6.61 Å². The summed E-state index contributed by atoms with van der Waals surface area (Å²) in [5, 5.41) is 2.24. The summed E-state index contributed by atoms with van der Waals surface area (Å²) in [5.41, 5.74) is 1.87.